The number of hydrogen-bond donors (Lipinski definition) is 1. The minimum Gasteiger partial charge on any atom is -0.480 e. The SMILES string of the molecule is CC(OC(=O)N1CCC2(CCCN2Cc2cc(N3CCCC[C@H]3C(=O)O)cc(C(F)(F)F)c2)CC1)C(F)(F)F. The van der Waals surface area contributed by atoms with Crippen LogP contribution in [0.4, 0.5) is 36.8 Å². The molecule has 0 aromatic heterocycles. The quantitative estimate of drug-likeness (QED) is 0.464. The van der Waals surface area contributed by atoms with Gasteiger partial charge in [-0.25, -0.2) is 9.59 Å². The van der Waals surface area contributed by atoms with Gasteiger partial charge in [0.1, 0.15) is 6.04 Å². The third kappa shape index (κ3) is 6.55. The molecule has 3 fully saturated rings. The molecule has 3 saturated heterocycles. The van der Waals surface area contributed by atoms with Crippen molar-refractivity contribution in [1.82, 2.24) is 9.80 Å². The van der Waals surface area contributed by atoms with E-state index in [4.69, 9.17) is 0 Å². The molecule has 13 heteroatoms. The second-order valence-electron chi connectivity index (χ2n) is 10.7. The average molecular weight is 566 g/mol. The number of alkyl halides is 6. The molecular formula is C26H33F6N3O4. The first-order valence-electron chi connectivity index (χ1n) is 13.2. The third-order valence-electron chi connectivity index (χ3n) is 8.23. The Balaban J connectivity index is 1.51. The fourth-order valence-corrected chi connectivity index (χ4v) is 6.02. The number of piperidine rings is 2. The minimum atomic E-state index is -4.66. The molecule has 4 rings (SSSR count). The summed E-state index contributed by atoms with van der Waals surface area (Å²) >= 11 is 0. The van der Waals surface area contributed by atoms with Gasteiger partial charge in [0.15, 0.2) is 6.10 Å². The maximum atomic E-state index is 13.8. The van der Waals surface area contributed by atoms with Crippen molar-refractivity contribution >= 4 is 17.7 Å². The number of aliphatic carboxylic acids is 1. The maximum absolute atomic E-state index is 13.8. The molecule has 3 aliphatic heterocycles. The predicted octanol–water partition coefficient (Wildman–Crippen LogP) is 5.67. The Morgan fingerprint density at radius 2 is 1.69 bits per heavy atom. The van der Waals surface area contributed by atoms with Crippen LogP contribution >= 0.6 is 0 Å². The molecule has 1 N–H and O–H groups in total. The van der Waals surface area contributed by atoms with Crippen molar-refractivity contribution in [3.05, 3.63) is 29.3 Å². The van der Waals surface area contributed by atoms with Crippen LogP contribution < -0.4 is 4.90 Å². The van der Waals surface area contributed by atoms with Crippen LogP contribution in [-0.4, -0.2) is 77.0 Å². The molecule has 218 valence electrons. The summed E-state index contributed by atoms with van der Waals surface area (Å²) in [6, 6.07) is 2.85. The summed E-state index contributed by atoms with van der Waals surface area (Å²) in [7, 11) is 0. The summed E-state index contributed by atoms with van der Waals surface area (Å²) < 4.78 is 84.4. The number of likely N-dealkylation sites (tertiary alicyclic amines) is 2. The van der Waals surface area contributed by atoms with E-state index in [2.05, 4.69) is 9.64 Å². The third-order valence-corrected chi connectivity index (χ3v) is 8.23. The molecule has 39 heavy (non-hydrogen) atoms. The normalized spacial score (nSPS) is 23.2. The van der Waals surface area contributed by atoms with E-state index in [1.807, 2.05) is 0 Å². The zero-order valence-corrected chi connectivity index (χ0v) is 21.7. The molecule has 3 heterocycles. The number of carboxylic acid groups (broad SMARTS) is 1. The van der Waals surface area contributed by atoms with Gasteiger partial charge in [-0.15, -0.1) is 0 Å². The number of hydrogen-bond acceptors (Lipinski definition) is 5. The summed E-state index contributed by atoms with van der Waals surface area (Å²) in [5.74, 6) is -1.07. The molecule has 1 spiro atoms. The van der Waals surface area contributed by atoms with Crippen molar-refractivity contribution in [2.75, 3.05) is 31.1 Å². The van der Waals surface area contributed by atoms with Crippen molar-refractivity contribution in [3.63, 3.8) is 0 Å². The summed E-state index contributed by atoms with van der Waals surface area (Å²) in [5, 5.41) is 9.65. The number of halogens is 6. The Morgan fingerprint density at radius 3 is 2.31 bits per heavy atom. The van der Waals surface area contributed by atoms with Crippen LogP contribution in [0, 0.1) is 0 Å². The van der Waals surface area contributed by atoms with Gasteiger partial charge in [0.2, 0.25) is 0 Å². The molecule has 3 aliphatic rings. The first kappa shape index (κ1) is 29.3. The number of carboxylic acids is 1. The maximum Gasteiger partial charge on any atom is 0.425 e. The number of ether oxygens (including phenoxy) is 1. The van der Waals surface area contributed by atoms with Crippen LogP contribution in [0.5, 0.6) is 0 Å². The van der Waals surface area contributed by atoms with Crippen LogP contribution in [-0.2, 0) is 22.3 Å². The highest BCUT2D eigenvalue weighted by atomic mass is 19.4. The molecule has 0 aliphatic carbocycles. The average Bonchev–Trinajstić information content (AvgIpc) is 3.24. The van der Waals surface area contributed by atoms with E-state index >= 15 is 0 Å². The van der Waals surface area contributed by atoms with E-state index in [0.29, 0.717) is 50.8 Å². The van der Waals surface area contributed by atoms with E-state index < -0.39 is 47.7 Å². The molecule has 7 nitrogen and oxygen atoms in total. The zero-order chi connectivity index (χ0) is 28.6. The molecule has 0 radical (unpaired) electrons. The number of nitrogens with zero attached hydrogens (tertiary/aromatic N) is 3. The summed E-state index contributed by atoms with van der Waals surface area (Å²) in [5.41, 5.74) is -0.585. The Kier molecular flexibility index (Phi) is 8.30. The van der Waals surface area contributed by atoms with Crippen LogP contribution in [0.15, 0.2) is 18.2 Å². The number of carbonyl (C=O) groups excluding carboxylic acids is 1. The molecule has 0 bridgehead atoms. The highest BCUT2D eigenvalue weighted by Gasteiger charge is 2.46. The Bertz CT molecular complexity index is 1060. The zero-order valence-electron chi connectivity index (χ0n) is 21.7. The van der Waals surface area contributed by atoms with Crippen molar-refractivity contribution in [2.24, 2.45) is 0 Å². The topological polar surface area (TPSA) is 73.3 Å². The number of benzene rings is 1. The summed E-state index contributed by atoms with van der Waals surface area (Å²) in [6.45, 7) is 2.32. The van der Waals surface area contributed by atoms with E-state index in [1.54, 1.807) is 6.07 Å². The van der Waals surface area contributed by atoms with E-state index in [9.17, 15) is 41.0 Å². The molecular weight excluding hydrogens is 532 g/mol. The van der Waals surface area contributed by atoms with Crippen LogP contribution in [0.1, 0.15) is 63.0 Å². The highest BCUT2D eigenvalue weighted by molar-refractivity contribution is 5.78. The lowest BCUT2D eigenvalue weighted by atomic mass is 9.84. The number of amides is 1. The Morgan fingerprint density at radius 1 is 1.00 bits per heavy atom. The number of rotatable bonds is 5. The highest BCUT2D eigenvalue weighted by Crippen LogP contribution is 2.41. The van der Waals surface area contributed by atoms with Gasteiger partial charge in [0.05, 0.1) is 5.56 Å². The molecule has 2 atom stereocenters. The standard InChI is InChI=1S/C26H33F6N3O4/c1-17(25(27,28)29)39-23(38)33-11-7-24(8-12-33)6-4-9-34(24)16-18-13-19(26(30,31)32)15-20(14-18)35-10-3-2-5-21(35)22(36)37/h13-15,17,21H,2-12,16H2,1H3,(H,36,37)/t17?,21-/m0/s1. The van der Waals surface area contributed by atoms with E-state index in [0.717, 1.165) is 31.9 Å². The van der Waals surface area contributed by atoms with Crippen LogP contribution in [0.3, 0.4) is 0 Å². The molecule has 1 unspecified atom stereocenters. The van der Waals surface area contributed by atoms with Crippen molar-refractivity contribution in [1.29, 1.82) is 0 Å². The predicted molar refractivity (Wildman–Crippen MR) is 129 cm³/mol. The number of carbonyl (C=O) groups is 2. The summed E-state index contributed by atoms with van der Waals surface area (Å²) in [6.07, 6.45) is -8.31. The lowest BCUT2D eigenvalue weighted by Crippen LogP contribution is -2.53. The van der Waals surface area contributed by atoms with Gasteiger partial charge >= 0.3 is 24.4 Å². The van der Waals surface area contributed by atoms with Gasteiger partial charge in [0, 0.05) is 37.4 Å². The largest absolute Gasteiger partial charge is 0.480 e. The van der Waals surface area contributed by atoms with Crippen LogP contribution in [0.2, 0.25) is 0 Å². The van der Waals surface area contributed by atoms with E-state index in [-0.39, 0.29) is 25.3 Å². The Hall–Kier alpha value is -2.70. The fourth-order valence-electron chi connectivity index (χ4n) is 6.02. The first-order valence-corrected chi connectivity index (χ1v) is 13.2. The lowest BCUT2D eigenvalue weighted by Gasteiger charge is -2.45. The van der Waals surface area contributed by atoms with Gasteiger partial charge in [0.25, 0.3) is 0 Å². The molecule has 1 amide bonds. The molecule has 1 aromatic carbocycles. The summed E-state index contributed by atoms with van der Waals surface area (Å²) in [4.78, 5) is 28.9. The van der Waals surface area contributed by atoms with Crippen LogP contribution in [0.25, 0.3) is 0 Å². The second-order valence-corrected chi connectivity index (χ2v) is 10.7. The second kappa shape index (κ2) is 11.1. The fraction of sp³-hybridized carbons (Fsp3) is 0.692. The number of anilines is 1. The van der Waals surface area contributed by atoms with Gasteiger partial charge < -0.3 is 19.6 Å². The smallest absolute Gasteiger partial charge is 0.425 e. The monoisotopic (exact) mass is 565 g/mol. The van der Waals surface area contributed by atoms with Crippen molar-refractivity contribution < 1.29 is 45.8 Å². The van der Waals surface area contributed by atoms with Gasteiger partial charge in [-0.2, -0.15) is 26.3 Å². The lowest BCUT2D eigenvalue weighted by molar-refractivity contribution is -0.200. The Labute approximate surface area is 222 Å². The van der Waals surface area contributed by atoms with Crippen molar-refractivity contribution in [2.45, 2.75) is 88.5 Å². The van der Waals surface area contributed by atoms with Gasteiger partial charge in [-0.05, 0) is 82.2 Å². The first-order chi connectivity index (χ1) is 18.2. The van der Waals surface area contributed by atoms with Crippen molar-refractivity contribution in [3.8, 4) is 0 Å². The van der Waals surface area contributed by atoms with Gasteiger partial charge in [-0.1, -0.05) is 0 Å². The van der Waals surface area contributed by atoms with E-state index in [1.165, 1.54) is 9.80 Å². The molecule has 1 aromatic rings. The minimum absolute atomic E-state index is 0.182. The molecule has 0 saturated carbocycles. The van der Waals surface area contributed by atoms with Gasteiger partial charge in [-0.3, -0.25) is 4.90 Å².